The molecule has 0 radical (unpaired) electrons. The molecule has 0 spiro atoms. The Kier molecular flexibility index (Phi) is 4.41. The molecule has 17 heavy (non-hydrogen) atoms. The van der Waals surface area contributed by atoms with Crippen molar-refractivity contribution in [3.8, 4) is 0 Å². The molecule has 0 amide bonds. The van der Waals surface area contributed by atoms with Crippen molar-refractivity contribution in [1.29, 1.82) is 0 Å². The van der Waals surface area contributed by atoms with Crippen LogP contribution >= 0.6 is 11.6 Å². The van der Waals surface area contributed by atoms with Gasteiger partial charge < -0.3 is 5.32 Å². The van der Waals surface area contributed by atoms with E-state index in [9.17, 15) is 4.39 Å². The van der Waals surface area contributed by atoms with E-state index >= 15 is 0 Å². The lowest BCUT2D eigenvalue weighted by Gasteiger charge is -2.20. The minimum absolute atomic E-state index is 0.261. The van der Waals surface area contributed by atoms with Crippen LogP contribution < -0.4 is 5.32 Å². The molecule has 1 aromatic rings. The zero-order valence-electron chi connectivity index (χ0n) is 10.2. The minimum atomic E-state index is -0.261. The second-order valence-corrected chi connectivity index (χ2v) is 5.43. The SMILES string of the molecule is C[C@@H](NCc1cc(F)cc(Cl)c1)C1CCCC1. The van der Waals surface area contributed by atoms with Gasteiger partial charge in [-0.2, -0.15) is 0 Å². The van der Waals surface area contributed by atoms with Gasteiger partial charge in [0.25, 0.3) is 0 Å². The van der Waals surface area contributed by atoms with E-state index in [0.29, 0.717) is 17.6 Å². The Morgan fingerprint density at radius 3 is 2.71 bits per heavy atom. The molecule has 1 aliphatic rings. The van der Waals surface area contributed by atoms with Crippen LogP contribution in [0, 0.1) is 11.7 Å². The molecule has 1 N–H and O–H groups in total. The summed E-state index contributed by atoms with van der Waals surface area (Å²) >= 11 is 5.82. The first-order chi connectivity index (χ1) is 8.15. The van der Waals surface area contributed by atoms with Gasteiger partial charge in [-0.3, -0.25) is 0 Å². The molecule has 0 unspecified atom stereocenters. The summed E-state index contributed by atoms with van der Waals surface area (Å²) in [5.41, 5.74) is 0.917. The molecule has 0 heterocycles. The van der Waals surface area contributed by atoms with Gasteiger partial charge in [0.05, 0.1) is 0 Å². The van der Waals surface area contributed by atoms with Gasteiger partial charge in [-0.1, -0.05) is 24.4 Å². The molecule has 1 fully saturated rings. The Bertz CT molecular complexity index is 354. The van der Waals surface area contributed by atoms with Crippen LogP contribution in [0.3, 0.4) is 0 Å². The van der Waals surface area contributed by atoms with Crippen LogP contribution in [-0.2, 0) is 6.54 Å². The Morgan fingerprint density at radius 1 is 1.35 bits per heavy atom. The van der Waals surface area contributed by atoms with Crippen molar-refractivity contribution < 1.29 is 4.39 Å². The molecule has 1 aliphatic carbocycles. The fourth-order valence-corrected chi connectivity index (χ4v) is 2.86. The highest BCUT2D eigenvalue weighted by molar-refractivity contribution is 6.30. The monoisotopic (exact) mass is 255 g/mol. The quantitative estimate of drug-likeness (QED) is 0.852. The normalized spacial score (nSPS) is 18.5. The summed E-state index contributed by atoms with van der Waals surface area (Å²) in [5, 5.41) is 3.94. The lowest BCUT2D eigenvalue weighted by Crippen LogP contribution is -2.31. The van der Waals surface area contributed by atoms with Gasteiger partial charge in [0.15, 0.2) is 0 Å². The molecule has 0 bridgehead atoms. The van der Waals surface area contributed by atoms with Crippen molar-refractivity contribution in [3.63, 3.8) is 0 Å². The molecular weight excluding hydrogens is 237 g/mol. The average Bonchev–Trinajstić information content (AvgIpc) is 2.78. The molecule has 94 valence electrons. The fraction of sp³-hybridized carbons (Fsp3) is 0.571. The third-order valence-corrected chi connectivity index (χ3v) is 3.88. The van der Waals surface area contributed by atoms with Crippen molar-refractivity contribution in [3.05, 3.63) is 34.6 Å². The van der Waals surface area contributed by atoms with E-state index in [4.69, 9.17) is 11.6 Å². The highest BCUT2D eigenvalue weighted by Crippen LogP contribution is 2.27. The summed E-state index contributed by atoms with van der Waals surface area (Å²) in [6, 6.07) is 5.20. The molecular formula is C14H19ClFN. The second kappa shape index (κ2) is 5.83. The summed E-state index contributed by atoms with van der Waals surface area (Å²) in [4.78, 5) is 0. The summed E-state index contributed by atoms with van der Waals surface area (Å²) in [7, 11) is 0. The van der Waals surface area contributed by atoms with Gasteiger partial charge in [-0.15, -0.1) is 0 Å². The fourth-order valence-electron chi connectivity index (χ4n) is 2.62. The lowest BCUT2D eigenvalue weighted by atomic mass is 9.99. The molecule has 1 saturated carbocycles. The highest BCUT2D eigenvalue weighted by atomic mass is 35.5. The number of benzene rings is 1. The zero-order chi connectivity index (χ0) is 12.3. The topological polar surface area (TPSA) is 12.0 Å². The van der Waals surface area contributed by atoms with Gasteiger partial charge >= 0.3 is 0 Å². The first-order valence-corrected chi connectivity index (χ1v) is 6.71. The van der Waals surface area contributed by atoms with Gasteiger partial charge in [0, 0.05) is 17.6 Å². The van der Waals surface area contributed by atoms with Crippen molar-refractivity contribution in [2.24, 2.45) is 5.92 Å². The average molecular weight is 256 g/mol. The molecule has 0 aromatic heterocycles. The summed E-state index contributed by atoms with van der Waals surface area (Å²) < 4.78 is 13.1. The van der Waals surface area contributed by atoms with E-state index in [0.717, 1.165) is 11.5 Å². The van der Waals surface area contributed by atoms with E-state index in [1.165, 1.54) is 31.7 Å². The van der Waals surface area contributed by atoms with Crippen molar-refractivity contribution in [1.82, 2.24) is 5.32 Å². The molecule has 1 aromatic carbocycles. The molecule has 3 heteroatoms. The standard InChI is InChI=1S/C14H19ClFN/c1-10(12-4-2-3-5-12)17-9-11-6-13(15)8-14(16)7-11/h6-8,10,12,17H,2-5,9H2,1H3/t10-/m1/s1. The Morgan fingerprint density at radius 2 is 2.06 bits per heavy atom. The Hall–Kier alpha value is -0.600. The van der Waals surface area contributed by atoms with Crippen LogP contribution in [0.4, 0.5) is 4.39 Å². The molecule has 1 atom stereocenters. The number of rotatable bonds is 4. The van der Waals surface area contributed by atoms with E-state index in [1.54, 1.807) is 6.07 Å². The van der Waals surface area contributed by atoms with Gasteiger partial charge in [-0.05, 0) is 49.4 Å². The Labute approximate surface area is 107 Å². The van der Waals surface area contributed by atoms with Gasteiger partial charge in [0.1, 0.15) is 5.82 Å². The van der Waals surface area contributed by atoms with Crippen LogP contribution in [0.25, 0.3) is 0 Å². The highest BCUT2D eigenvalue weighted by Gasteiger charge is 2.20. The van der Waals surface area contributed by atoms with Gasteiger partial charge in [0.2, 0.25) is 0 Å². The molecule has 2 rings (SSSR count). The van der Waals surface area contributed by atoms with E-state index in [-0.39, 0.29) is 5.82 Å². The van der Waals surface area contributed by atoms with Crippen LogP contribution in [0.2, 0.25) is 5.02 Å². The Balaban J connectivity index is 1.88. The van der Waals surface area contributed by atoms with Crippen LogP contribution in [0.5, 0.6) is 0 Å². The third-order valence-electron chi connectivity index (χ3n) is 3.66. The van der Waals surface area contributed by atoms with Crippen LogP contribution in [0.15, 0.2) is 18.2 Å². The van der Waals surface area contributed by atoms with Crippen molar-refractivity contribution >= 4 is 11.6 Å². The maximum atomic E-state index is 13.1. The predicted molar refractivity (Wildman–Crippen MR) is 69.7 cm³/mol. The number of nitrogens with one attached hydrogen (secondary N) is 1. The zero-order valence-corrected chi connectivity index (χ0v) is 10.9. The number of halogens is 2. The van der Waals surface area contributed by atoms with E-state index in [2.05, 4.69) is 12.2 Å². The summed E-state index contributed by atoms with van der Waals surface area (Å²) in [5.74, 6) is 0.516. The van der Waals surface area contributed by atoms with Crippen molar-refractivity contribution in [2.45, 2.75) is 45.2 Å². The first kappa shape index (κ1) is 12.8. The lowest BCUT2D eigenvalue weighted by molar-refractivity contribution is 0.380. The maximum Gasteiger partial charge on any atom is 0.125 e. The molecule has 0 aliphatic heterocycles. The van der Waals surface area contributed by atoms with E-state index in [1.807, 2.05) is 6.07 Å². The first-order valence-electron chi connectivity index (χ1n) is 6.33. The largest absolute Gasteiger partial charge is 0.310 e. The third kappa shape index (κ3) is 3.68. The minimum Gasteiger partial charge on any atom is -0.310 e. The number of hydrogen-bond acceptors (Lipinski definition) is 1. The maximum absolute atomic E-state index is 13.1. The van der Waals surface area contributed by atoms with Crippen LogP contribution in [-0.4, -0.2) is 6.04 Å². The molecule has 1 nitrogen and oxygen atoms in total. The van der Waals surface area contributed by atoms with Crippen LogP contribution in [0.1, 0.15) is 38.2 Å². The number of hydrogen-bond donors (Lipinski definition) is 1. The van der Waals surface area contributed by atoms with Gasteiger partial charge in [-0.25, -0.2) is 4.39 Å². The smallest absolute Gasteiger partial charge is 0.125 e. The second-order valence-electron chi connectivity index (χ2n) is 4.99. The van der Waals surface area contributed by atoms with Crippen molar-refractivity contribution in [2.75, 3.05) is 0 Å². The summed E-state index contributed by atoms with van der Waals surface area (Å²) in [6.45, 7) is 2.91. The summed E-state index contributed by atoms with van der Waals surface area (Å²) in [6.07, 6.45) is 5.33. The van der Waals surface area contributed by atoms with E-state index < -0.39 is 0 Å². The molecule has 0 saturated heterocycles. The predicted octanol–water partition coefficient (Wildman–Crippen LogP) is 4.15.